The van der Waals surface area contributed by atoms with Gasteiger partial charge in [-0.2, -0.15) is 11.8 Å². The van der Waals surface area contributed by atoms with E-state index in [0.29, 0.717) is 23.1 Å². The molecule has 130 valence electrons. The van der Waals surface area contributed by atoms with Crippen LogP contribution in [0.1, 0.15) is 5.56 Å². The summed E-state index contributed by atoms with van der Waals surface area (Å²) >= 11 is 9.56. The normalized spacial score (nSPS) is 11.5. The molecular weight excluding hydrogens is 481 g/mol. The summed E-state index contributed by atoms with van der Waals surface area (Å²) in [6.07, 6.45) is 0. The van der Waals surface area contributed by atoms with Crippen LogP contribution in [-0.2, 0) is 15.8 Å². The molecule has 4 nitrogen and oxygen atoms in total. The molecule has 0 bridgehead atoms. The number of sulfonamides is 1. The van der Waals surface area contributed by atoms with E-state index in [2.05, 4.69) is 27.3 Å². The highest BCUT2D eigenvalue weighted by atomic mass is 127. The minimum Gasteiger partial charge on any atom is -0.496 e. The predicted molar refractivity (Wildman–Crippen MR) is 109 cm³/mol. The first kappa shape index (κ1) is 19.8. The standard InChI is InChI=1S/C16H17ClINO3S2/c1-22-16-7-6-14(10-15(16)18)24(20,21)19-8-9-23-11-12-2-4-13(17)5-3-12/h2-7,10,19H,8-9,11H2,1H3. The predicted octanol–water partition coefficient (Wildman–Crippen LogP) is 4.16. The molecular formula is C16H17ClINO3S2. The van der Waals surface area contributed by atoms with Gasteiger partial charge in [0.15, 0.2) is 0 Å². The van der Waals surface area contributed by atoms with E-state index in [1.165, 1.54) is 0 Å². The lowest BCUT2D eigenvalue weighted by Gasteiger charge is -2.09. The molecule has 0 amide bonds. The van der Waals surface area contributed by atoms with Crippen LogP contribution in [0.25, 0.3) is 0 Å². The summed E-state index contributed by atoms with van der Waals surface area (Å²) < 4.78 is 33.1. The second kappa shape index (κ2) is 9.28. The van der Waals surface area contributed by atoms with Crippen molar-refractivity contribution in [2.45, 2.75) is 10.6 Å². The molecule has 0 heterocycles. The zero-order valence-corrected chi connectivity index (χ0v) is 17.5. The summed E-state index contributed by atoms with van der Waals surface area (Å²) in [6.45, 7) is 0.378. The van der Waals surface area contributed by atoms with Crippen LogP contribution in [-0.4, -0.2) is 27.8 Å². The highest BCUT2D eigenvalue weighted by Gasteiger charge is 2.15. The lowest BCUT2D eigenvalue weighted by atomic mass is 10.2. The van der Waals surface area contributed by atoms with Crippen LogP contribution in [0.3, 0.4) is 0 Å². The van der Waals surface area contributed by atoms with Crippen molar-refractivity contribution < 1.29 is 13.2 Å². The van der Waals surface area contributed by atoms with Crippen molar-refractivity contribution in [3.05, 3.63) is 56.6 Å². The van der Waals surface area contributed by atoms with Crippen LogP contribution in [0, 0.1) is 3.57 Å². The number of ether oxygens (including phenoxy) is 1. The Labute approximate surface area is 165 Å². The van der Waals surface area contributed by atoms with Crippen molar-refractivity contribution in [3.63, 3.8) is 0 Å². The van der Waals surface area contributed by atoms with Crippen LogP contribution >= 0.6 is 46.0 Å². The molecule has 0 spiro atoms. The number of benzene rings is 2. The first-order chi connectivity index (χ1) is 11.4. The third-order valence-electron chi connectivity index (χ3n) is 3.15. The zero-order valence-electron chi connectivity index (χ0n) is 13.0. The third kappa shape index (κ3) is 5.80. The minimum absolute atomic E-state index is 0.246. The van der Waals surface area contributed by atoms with Crippen molar-refractivity contribution in [1.82, 2.24) is 4.72 Å². The first-order valence-electron chi connectivity index (χ1n) is 7.08. The Morgan fingerprint density at radius 2 is 1.92 bits per heavy atom. The van der Waals surface area contributed by atoms with Gasteiger partial charge >= 0.3 is 0 Å². The fourth-order valence-corrected chi connectivity index (χ4v) is 4.99. The number of rotatable bonds is 8. The summed E-state index contributed by atoms with van der Waals surface area (Å²) in [7, 11) is -1.94. The first-order valence-corrected chi connectivity index (χ1v) is 11.2. The van der Waals surface area contributed by atoms with Crippen LogP contribution in [0.2, 0.25) is 5.02 Å². The maximum Gasteiger partial charge on any atom is 0.240 e. The van der Waals surface area contributed by atoms with Crippen molar-refractivity contribution in [1.29, 1.82) is 0 Å². The van der Waals surface area contributed by atoms with E-state index in [9.17, 15) is 8.42 Å². The molecule has 0 saturated carbocycles. The lowest BCUT2D eigenvalue weighted by molar-refractivity contribution is 0.411. The summed E-state index contributed by atoms with van der Waals surface area (Å²) in [5, 5.41) is 0.714. The van der Waals surface area contributed by atoms with E-state index < -0.39 is 10.0 Å². The molecule has 8 heteroatoms. The van der Waals surface area contributed by atoms with Gasteiger partial charge in [-0.1, -0.05) is 23.7 Å². The van der Waals surface area contributed by atoms with Crippen LogP contribution < -0.4 is 9.46 Å². The largest absolute Gasteiger partial charge is 0.496 e. The fraction of sp³-hybridized carbons (Fsp3) is 0.250. The molecule has 0 saturated heterocycles. The maximum absolute atomic E-state index is 12.3. The lowest BCUT2D eigenvalue weighted by Crippen LogP contribution is -2.26. The van der Waals surface area contributed by atoms with Gasteiger partial charge in [0.25, 0.3) is 0 Å². The minimum atomic E-state index is -3.50. The van der Waals surface area contributed by atoms with Gasteiger partial charge < -0.3 is 4.74 Å². The van der Waals surface area contributed by atoms with Gasteiger partial charge in [-0.15, -0.1) is 0 Å². The molecule has 0 aliphatic carbocycles. The second-order valence-corrected chi connectivity index (χ2v) is 9.34. The smallest absolute Gasteiger partial charge is 0.240 e. The molecule has 1 N–H and O–H groups in total. The number of methoxy groups -OCH3 is 1. The highest BCUT2D eigenvalue weighted by Crippen LogP contribution is 2.23. The van der Waals surface area contributed by atoms with Gasteiger partial charge in [-0.25, -0.2) is 13.1 Å². The Morgan fingerprint density at radius 1 is 1.21 bits per heavy atom. The average Bonchev–Trinajstić information content (AvgIpc) is 2.56. The molecule has 0 unspecified atom stereocenters. The highest BCUT2D eigenvalue weighted by molar-refractivity contribution is 14.1. The van der Waals surface area contributed by atoms with Crippen molar-refractivity contribution in [2.24, 2.45) is 0 Å². The van der Waals surface area contributed by atoms with Gasteiger partial charge in [0.2, 0.25) is 10.0 Å². The summed E-state index contributed by atoms with van der Waals surface area (Å²) in [5.74, 6) is 2.17. The Morgan fingerprint density at radius 3 is 2.54 bits per heavy atom. The van der Waals surface area contributed by atoms with Gasteiger partial charge in [-0.3, -0.25) is 0 Å². The molecule has 24 heavy (non-hydrogen) atoms. The Kier molecular flexibility index (Phi) is 7.67. The molecule has 0 fully saturated rings. The van der Waals surface area contributed by atoms with Crippen LogP contribution in [0.5, 0.6) is 5.75 Å². The topological polar surface area (TPSA) is 55.4 Å². The number of nitrogens with one attached hydrogen (secondary N) is 1. The third-order valence-corrected chi connectivity index (χ3v) is 6.74. The van der Waals surface area contributed by atoms with E-state index in [1.54, 1.807) is 37.1 Å². The van der Waals surface area contributed by atoms with Gasteiger partial charge in [-0.05, 0) is 58.5 Å². The summed E-state index contributed by atoms with van der Waals surface area (Å²) in [5.41, 5.74) is 1.16. The monoisotopic (exact) mass is 497 g/mol. The van der Waals surface area contributed by atoms with Crippen LogP contribution in [0.4, 0.5) is 0 Å². The number of hydrogen-bond acceptors (Lipinski definition) is 4. The fourth-order valence-electron chi connectivity index (χ4n) is 1.92. The van der Waals surface area contributed by atoms with Crippen molar-refractivity contribution in [2.75, 3.05) is 19.4 Å². The maximum atomic E-state index is 12.3. The molecule has 2 aromatic rings. The Balaban J connectivity index is 1.82. The van der Waals surface area contributed by atoms with E-state index in [0.717, 1.165) is 14.9 Å². The second-order valence-electron chi connectivity index (χ2n) is 4.87. The quantitative estimate of drug-likeness (QED) is 0.439. The van der Waals surface area contributed by atoms with Crippen molar-refractivity contribution in [3.8, 4) is 5.75 Å². The molecule has 0 aromatic heterocycles. The van der Waals surface area contributed by atoms with E-state index in [4.69, 9.17) is 16.3 Å². The Bertz CT molecular complexity index is 782. The van der Waals surface area contributed by atoms with E-state index >= 15 is 0 Å². The van der Waals surface area contributed by atoms with E-state index in [-0.39, 0.29) is 4.90 Å². The molecule has 0 aliphatic heterocycles. The van der Waals surface area contributed by atoms with Crippen molar-refractivity contribution >= 4 is 56.0 Å². The van der Waals surface area contributed by atoms with Crippen LogP contribution in [0.15, 0.2) is 47.4 Å². The number of halogens is 2. The van der Waals surface area contributed by atoms with Gasteiger partial charge in [0, 0.05) is 23.1 Å². The number of hydrogen-bond donors (Lipinski definition) is 1. The zero-order chi connectivity index (χ0) is 17.6. The van der Waals surface area contributed by atoms with Gasteiger partial charge in [0.05, 0.1) is 15.6 Å². The SMILES string of the molecule is COc1ccc(S(=O)(=O)NCCSCc2ccc(Cl)cc2)cc1I. The van der Waals surface area contributed by atoms with Gasteiger partial charge in [0.1, 0.15) is 5.75 Å². The molecule has 0 aliphatic rings. The summed E-state index contributed by atoms with van der Waals surface area (Å²) in [6, 6.07) is 12.5. The molecule has 2 aromatic carbocycles. The molecule has 0 atom stereocenters. The molecule has 2 rings (SSSR count). The van der Waals surface area contributed by atoms with E-state index in [1.807, 2.05) is 24.3 Å². The summed E-state index contributed by atoms with van der Waals surface area (Å²) in [4.78, 5) is 0.246. The number of thioether (sulfide) groups is 1. The molecule has 0 radical (unpaired) electrons. The average molecular weight is 498 g/mol. The Hall–Kier alpha value is -0.480.